The van der Waals surface area contributed by atoms with Crippen molar-refractivity contribution in [2.75, 3.05) is 11.9 Å². The van der Waals surface area contributed by atoms with Crippen LogP contribution in [0.25, 0.3) is 11.0 Å². The number of hydrogen-bond acceptors (Lipinski definition) is 7. The molecule has 0 saturated heterocycles. The number of ether oxygens (including phenoxy) is 1. The Balaban J connectivity index is 1.57. The molecular formula is C26H31N7O2. The van der Waals surface area contributed by atoms with E-state index in [1.807, 2.05) is 29.8 Å². The Kier molecular flexibility index (Phi) is 6.48. The minimum Gasteiger partial charge on any atom is -0.466 e. The summed E-state index contributed by atoms with van der Waals surface area (Å²) in [6, 6.07) is 12.0. The van der Waals surface area contributed by atoms with Gasteiger partial charge in [0.15, 0.2) is 5.82 Å². The molecule has 1 fully saturated rings. The monoisotopic (exact) mass is 473 g/mol. The fourth-order valence-electron chi connectivity index (χ4n) is 5.22. The fraction of sp³-hybridized carbons (Fsp3) is 0.423. The van der Waals surface area contributed by atoms with Gasteiger partial charge in [0, 0.05) is 5.69 Å². The maximum Gasteiger partial charge on any atom is 0.311 e. The Labute approximate surface area is 204 Å². The molecule has 182 valence electrons. The molecule has 0 radical (unpaired) electrons. The molecule has 2 aromatic heterocycles. The van der Waals surface area contributed by atoms with Gasteiger partial charge in [-0.2, -0.15) is 0 Å². The zero-order valence-electron chi connectivity index (χ0n) is 20.4. The highest BCUT2D eigenvalue weighted by molar-refractivity contribution is 5.79. The molecule has 4 aromatic rings. The molecule has 3 atom stereocenters. The summed E-state index contributed by atoms with van der Waals surface area (Å²) in [5.74, 6) is 0.253. The molecule has 1 saturated carbocycles. The maximum atomic E-state index is 12.8. The largest absolute Gasteiger partial charge is 0.466 e. The summed E-state index contributed by atoms with van der Waals surface area (Å²) in [6.07, 6.45) is 5.33. The Morgan fingerprint density at radius 3 is 2.77 bits per heavy atom. The summed E-state index contributed by atoms with van der Waals surface area (Å²) in [5, 5.41) is 16.6. The van der Waals surface area contributed by atoms with Gasteiger partial charge in [-0.25, -0.2) is 9.67 Å². The van der Waals surface area contributed by atoms with Crippen molar-refractivity contribution >= 4 is 22.7 Å². The molecule has 0 spiro atoms. The van der Waals surface area contributed by atoms with Crippen molar-refractivity contribution in [1.82, 2.24) is 30.2 Å². The molecule has 0 amide bonds. The van der Waals surface area contributed by atoms with E-state index in [1.54, 1.807) is 6.33 Å². The van der Waals surface area contributed by atoms with Crippen LogP contribution in [0, 0.1) is 19.8 Å². The second-order valence-electron chi connectivity index (χ2n) is 9.32. The summed E-state index contributed by atoms with van der Waals surface area (Å²) < 4.78 is 7.26. The second kappa shape index (κ2) is 9.85. The lowest BCUT2D eigenvalue weighted by Crippen LogP contribution is -2.33. The first-order valence-corrected chi connectivity index (χ1v) is 12.3. The molecule has 0 bridgehead atoms. The van der Waals surface area contributed by atoms with Crippen LogP contribution in [0.4, 0.5) is 5.69 Å². The van der Waals surface area contributed by atoms with Crippen LogP contribution >= 0.6 is 0 Å². The summed E-state index contributed by atoms with van der Waals surface area (Å²) in [4.78, 5) is 20.3. The van der Waals surface area contributed by atoms with Crippen LogP contribution in [-0.4, -0.2) is 42.8 Å². The Morgan fingerprint density at radius 1 is 1.17 bits per heavy atom. The lowest BCUT2D eigenvalue weighted by Gasteiger charge is -2.31. The van der Waals surface area contributed by atoms with Gasteiger partial charge < -0.3 is 15.0 Å². The second-order valence-corrected chi connectivity index (χ2v) is 9.32. The third kappa shape index (κ3) is 4.76. The Morgan fingerprint density at radius 2 is 1.97 bits per heavy atom. The van der Waals surface area contributed by atoms with E-state index in [1.165, 1.54) is 0 Å². The Hall–Kier alpha value is -3.75. The Bertz CT molecular complexity index is 1310. The van der Waals surface area contributed by atoms with E-state index in [4.69, 9.17) is 4.74 Å². The number of carbonyl (C=O) groups excluding carboxylic acids is 1. The van der Waals surface area contributed by atoms with E-state index in [9.17, 15) is 4.79 Å². The molecule has 5 rings (SSSR count). The zero-order chi connectivity index (χ0) is 24.4. The first kappa shape index (κ1) is 23.0. The fourth-order valence-corrected chi connectivity index (χ4v) is 5.22. The number of aromatic nitrogens is 6. The minimum absolute atomic E-state index is 0.142. The molecule has 0 aliphatic heterocycles. The molecule has 2 N–H and O–H groups in total. The van der Waals surface area contributed by atoms with Gasteiger partial charge >= 0.3 is 5.97 Å². The molecule has 1 aliphatic rings. The van der Waals surface area contributed by atoms with Crippen LogP contribution in [-0.2, 0) is 9.53 Å². The molecule has 2 heterocycles. The SMILES string of the molecule is CCOC(=O)C1CCCCC1n1nnnc1C(Nc1ccc2[nH]cnc2c1)c1cc(C)cc(C)c1. The quantitative estimate of drug-likeness (QED) is 0.376. The molecular weight excluding hydrogens is 442 g/mol. The lowest BCUT2D eigenvalue weighted by atomic mass is 9.84. The van der Waals surface area contributed by atoms with E-state index >= 15 is 0 Å². The van der Waals surface area contributed by atoms with Crippen molar-refractivity contribution in [2.45, 2.75) is 58.5 Å². The van der Waals surface area contributed by atoms with Crippen molar-refractivity contribution in [3.63, 3.8) is 0 Å². The van der Waals surface area contributed by atoms with Gasteiger partial charge in [-0.15, -0.1) is 5.10 Å². The van der Waals surface area contributed by atoms with Gasteiger partial charge in [-0.3, -0.25) is 4.79 Å². The van der Waals surface area contributed by atoms with E-state index in [2.05, 4.69) is 62.9 Å². The van der Waals surface area contributed by atoms with Crippen LogP contribution in [0.2, 0.25) is 0 Å². The maximum absolute atomic E-state index is 12.8. The van der Waals surface area contributed by atoms with Crippen LogP contribution < -0.4 is 5.32 Å². The van der Waals surface area contributed by atoms with Crippen molar-refractivity contribution in [2.24, 2.45) is 5.92 Å². The van der Waals surface area contributed by atoms with Gasteiger partial charge in [0.1, 0.15) is 6.04 Å². The van der Waals surface area contributed by atoms with Gasteiger partial charge in [0.2, 0.25) is 0 Å². The van der Waals surface area contributed by atoms with Gasteiger partial charge in [0.05, 0.1) is 35.9 Å². The van der Waals surface area contributed by atoms with Crippen LogP contribution in [0.15, 0.2) is 42.7 Å². The number of anilines is 1. The smallest absolute Gasteiger partial charge is 0.311 e. The minimum atomic E-state index is -0.315. The van der Waals surface area contributed by atoms with E-state index in [0.29, 0.717) is 12.4 Å². The zero-order valence-corrected chi connectivity index (χ0v) is 20.4. The van der Waals surface area contributed by atoms with Crippen molar-refractivity contribution in [3.8, 4) is 0 Å². The number of benzene rings is 2. The highest BCUT2D eigenvalue weighted by Gasteiger charge is 2.37. The molecule has 9 nitrogen and oxygen atoms in total. The highest BCUT2D eigenvalue weighted by Crippen LogP contribution is 2.37. The van der Waals surface area contributed by atoms with Gasteiger partial charge in [-0.1, -0.05) is 42.2 Å². The average molecular weight is 474 g/mol. The van der Waals surface area contributed by atoms with Crippen molar-refractivity contribution in [1.29, 1.82) is 0 Å². The predicted molar refractivity (Wildman–Crippen MR) is 133 cm³/mol. The number of aromatic amines is 1. The molecule has 2 aromatic carbocycles. The van der Waals surface area contributed by atoms with E-state index < -0.39 is 0 Å². The van der Waals surface area contributed by atoms with Crippen LogP contribution in [0.3, 0.4) is 0 Å². The highest BCUT2D eigenvalue weighted by atomic mass is 16.5. The molecule has 1 aliphatic carbocycles. The number of hydrogen-bond donors (Lipinski definition) is 2. The number of H-pyrrole nitrogens is 1. The normalized spacial score (nSPS) is 18.9. The number of imidazole rings is 1. The number of nitrogens with zero attached hydrogens (tertiary/aromatic N) is 5. The summed E-state index contributed by atoms with van der Waals surface area (Å²) in [6.45, 7) is 6.38. The number of aryl methyl sites for hydroxylation is 2. The van der Waals surface area contributed by atoms with Gasteiger partial charge in [0.25, 0.3) is 0 Å². The van der Waals surface area contributed by atoms with E-state index in [0.717, 1.165) is 59.1 Å². The first-order valence-electron chi connectivity index (χ1n) is 12.3. The lowest BCUT2D eigenvalue weighted by molar-refractivity contribution is -0.151. The third-order valence-electron chi connectivity index (χ3n) is 6.72. The summed E-state index contributed by atoms with van der Waals surface area (Å²) >= 11 is 0. The summed E-state index contributed by atoms with van der Waals surface area (Å²) in [7, 11) is 0. The molecule has 9 heteroatoms. The number of esters is 1. The first-order chi connectivity index (χ1) is 17.0. The van der Waals surface area contributed by atoms with E-state index in [-0.39, 0.29) is 24.0 Å². The average Bonchev–Trinajstić information content (AvgIpc) is 3.51. The topological polar surface area (TPSA) is 111 Å². The predicted octanol–water partition coefficient (Wildman–Crippen LogP) is 4.66. The number of carbonyl (C=O) groups is 1. The molecule has 35 heavy (non-hydrogen) atoms. The van der Waals surface area contributed by atoms with Crippen LogP contribution in [0.5, 0.6) is 0 Å². The summed E-state index contributed by atoms with van der Waals surface area (Å²) in [5.41, 5.74) is 6.15. The number of tetrazole rings is 1. The van der Waals surface area contributed by atoms with Crippen molar-refractivity contribution in [3.05, 3.63) is 65.2 Å². The number of nitrogens with one attached hydrogen (secondary N) is 2. The number of rotatable bonds is 7. The standard InChI is InChI=1S/C26H31N7O2/c1-4-35-26(34)20-7-5-6-8-23(20)33-25(30-31-32-33)24(18-12-16(2)11-17(3)13-18)29-19-9-10-21-22(14-19)28-15-27-21/h9-15,20,23-24,29H,4-8H2,1-3H3,(H,27,28). The molecule has 3 unspecified atom stereocenters. The number of fused-ring (bicyclic) bond motifs is 1. The van der Waals surface area contributed by atoms with Crippen LogP contribution in [0.1, 0.15) is 67.2 Å². The third-order valence-corrected chi connectivity index (χ3v) is 6.72. The van der Waals surface area contributed by atoms with Gasteiger partial charge in [-0.05, 0) is 67.8 Å². The van der Waals surface area contributed by atoms with Crippen molar-refractivity contribution < 1.29 is 9.53 Å².